The lowest BCUT2D eigenvalue weighted by molar-refractivity contribution is 0.103. The molecule has 4 nitrogen and oxygen atoms in total. The summed E-state index contributed by atoms with van der Waals surface area (Å²) in [6.45, 7) is 2.04. The Hall–Kier alpha value is -2.62. The number of phenolic OH excluding ortho intramolecular Hbond substituents is 1. The van der Waals surface area contributed by atoms with Crippen molar-refractivity contribution in [2.75, 3.05) is 0 Å². The molecule has 0 bridgehead atoms. The molecule has 0 spiro atoms. The summed E-state index contributed by atoms with van der Waals surface area (Å²) in [5, 5.41) is 10.3. The molecule has 0 aliphatic carbocycles. The van der Waals surface area contributed by atoms with Gasteiger partial charge in [-0.2, -0.15) is 0 Å². The molecule has 0 unspecified atom stereocenters. The SMILES string of the molecule is CCc1c(C(=O)c2ccc(O)cc2)c2ccncc2n1C. The number of carbonyl (C=O) groups excluding carboxylic acids is 1. The quantitative estimate of drug-likeness (QED) is 0.750. The first-order valence-electron chi connectivity index (χ1n) is 6.88. The average molecular weight is 280 g/mol. The third-order valence-electron chi connectivity index (χ3n) is 3.82. The number of ketones is 1. The Bertz CT molecular complexity index is 817. The molecule has 0 atom stereocenters. The molecule has 4 heteroatoms. The maximum atomic E-state index is 12.8. The number of pyridine rings is 1. The minimum Gasteiger partial charge on any atom is -0.508 e. The summed E-state index contributed by atoms with van der Waals surface area (Å²) in [4.78, 5) is 17.0. The van der Waals surface area contributed by atoms with Crippen molar-refractivity contribution in [3.63, 3.8) is 0 Å². The summed E-state index contributed by atoms with van der Waals surface area (Å²) >= 11 is 0. The Morgan fingerprint density at radius 2 is 1.95 bits per heavy atom. The summed E-state index contributed by atoms with van der Waals surface area (Å²) in [7, 11) is 1.95. The molecule has 106 valence electrons. The zero-order valence-corrected chi connectivity index (χ0v) is 12.0. The second kappa shape index (κ2) is 5.05. The Morgan fingerprint density at radius 1 is 1.24 bits per heavy atom. The fourth-order valence-corrected chi connectivity index (χ4v) is 2.76. The predicted octanol–water partition coefficient (Wildman–Crippen LogP) is 3.07. The average Bonchev–Trinajstić information content (AvgIpc) is 2.80. The van der Waals surface area contributed by atoms with Crippen LogP contribution in [0.15, 0.2) is 42.7 Å². The van der Waals surface area contributed by atoms with Crippen molar-refractivity contribution < 1.29 is 9.90 Å². The standard InChI is InChI=1S/C17H16N2O2/c1-3-14-16(13-8-9-18-10-15(13)19(14)2)17(21)11-4-6-12(20)7-5-11/h4-10,20H,3H2,1-2H3. The molecule has 3 aromatic rings. The van der Waals surface area contributed by atoms with Gasteiger partial charge in [-0.15, -0.1) is 0 Å². The fraction of sp³-hybridized carbons (Fsp3) is 0.176. The van der Waals surface area contributed by atoms with Gasteiger partial charge in [0.25, 0.3) is 0 Å². The monoisotopic (exact) mass is 280 g/mol. The molecule has 1 aromatic carbocycles. The molecule has 2 aromatic heterocycles. The zero-order chi connectivity index (χ0) is 15.0. The van der Waals surface area contributed by atoms with E-state index < -0.39 is 0 Å². The third-order valence-corrected chi connectivity index (χ3v) is 3.82. The van der Waals surface area contributed by atoms with E-state index >= 15 is 0 Å². The van der Waals surface area contributed by atoms with Gasteiger partial charge in [-0.25, -0.2) is 0 Å². The summed E-state index contributed by atoms with van der Waals surface area (Å²) in [6.07, 6.45) is 4.25. The molecule has 3 rings (SSSR count). The van der Waals surface area contributed by atoms with Crippen molar-refractivity contribution >= 4 is 16.7 Å². The number of aromatic hydroxyl groups is 1. The van der Waals surface area contributed by atoms with Crippen LogP contribution in [0.25, 0.3) is 10.9 Å². The fourth-order valence-electron chi connectivity index (χ4n) is 2.76. The lowest BCUT2D eigenvalue weighted by atomic mass is 9.99. The van der Waals surface area contributed by atoms with Crippen LogP contribution in [0, 0.1) is 0 Å². The first-order valence-corrected chi connectivity index (χ1v) is 6.88. The maximum absolute atomic E-state index is 12.8. The second-order valence-electron chi connectivity index (χ2n) is 5.00. The molecule has 0 saturated heterocycles. The number of aryl methyl sites for hydroxylation is 1. The molecule has 0 amide bonds. The van der Waals surface area contributed by atoms with Crippen LogP contribution >= 0.6 is 0 Å². The number of hydrogen-bond donors (Lipinski definition) is 1. The summed E-state index contributed by atoms with van der Waals surface area (Å²) in [6, 6.07) is 8.24. The minimum absolute atomic E-state index is 0.0244. The lowest BCUT2D eigenvalue weighted by Gasteiger charge is -2.05. The number of carbonyl (C=O) groups is 1. The van der Waals surface area contributed by atoms with Gasteiger partial charge >= 0.3 is 0 Å². The van der Waals surface area contributed by atoms with Crippen molar-refractivity contribution in [1.82, 2.24) is 9.55 Å². The van der Waals surface area contributed by atoms with Crippen LogP contribution in [-0.4, -0.2) is 20.4 Å². The van der Waals surface area contributed by atoms with Crippen molar-refractivity contribution in [3.05, 3.63) is 59.5 Å². The van der Waals surface area contributed by atoms with Crippen LogP contribution < -0.4 is 0 Å². The summed E-state index contributed by atoms with van der Waals surface area (Å²) in [5.74, 6) is 0.132. The lowest BCUT2D eigenvalue weighted by Crippen LogP contribution is -2.05. The normalized spacial score (nSPS) is 11.0. The molecular weight excluding hydrogens is 264 g/mol. The van der Waals surface area contributed by atoms with E-state index in [1.165, 1.54) is 12.1 Å². The molecule has 0 fully saturated rings. The van der Waals surface area contributed by atoms with Crippen molar-refractivity contribution in [2.24, 2.45) is 7.05 Å². The van der Waals surface area contributed by atoms with E-state index in [4.69, 9.17) is 0 Å². The highest BCUT2D eigenvalue weighted by Gasteiger charge is 2.21. The largest absolute Gasteiger partial charge is 0.508 e. The highest BCUT2D eigenvalue weighted by molar-refractivity contribution is 6.17. The predicted molar refractivity (Wildman–Crippen MR) is 81.6 cm³/mol. The topological polar surface area (TPSA) is 55.1 Å². The molecule has 0 saturated carbocycles. The van der Waals surface area contributed by atoms with Crippen LogP contribution in [0.2, 0.25) is 0 Å². The maximum Gasteiger partial charge on any atom is 0.195 e. The number of rotatable bonds is 3. The number of aromatic nitrogens is 2. The minimum atomic E-state index is -0.0244. The Balaban J connectivity index is 2.24. The number of fused-ring (bicyclic) bond motifs is 1. The van der Waals surface area contributed by atoms with Gasteiger partial charge in [0.05, 0.1) is 17.3 Å². The number of nitrogens with zero attached hydrogens (tertiary/aromatic N) is 2. The Labute approximate surface area is 122 Å². The van der Waals surface area contributed by atoms with Crippen molar-refractivity contribution in [1.29, 1.82) is 0 Å². The first-order chi connectivity index (χ1) is 10.1. The molecule has 2 heterocycles. The number of benzene rings is 1. The van der Waals surface area contributed by atoms with E-state index in [0.717, 1.165) is 28.6 Å². The highest BCUT2D eigenvalue weighted by atomic mass is 16.3. The van der Waals surface area contributed by atoms with Crippen molar-refractivity contribution in [3.8, 4) is 5.75 Å². The molecule has 0 radical (unpaired) electrons. The molecule has 21 heavy (non-hydrogen) atoms. The van der Waals surface area contributed by atoms with E-state index in [0.29, 0.717) is 5.56 Å². The van der Waals surface area contributed by atoms with E-state index in [9.17, 15) is 9.90 Å². The second-order valence-corrected chi connectivity index (χ2v) is 5.00. The van der Waals surface area contributed by atoms with Crippen LogP contribution in [-0.2, 0) is 13.5 Å². The van der Waals surface area contributed by atoms with Gasteiger partial charge in [-0.05, 0) is 36.8 Å². The van der Waals surface area contributed by atoms with Gasteiger partial charge in [0, 0.05) is 29.9 Å². The van der Waals surface area contributed by atoms with E-state index in [1.54, 1.807) is 24.5 Å². The van der Waals surface area contributed by atoms with Gasteiger partial charge in [-0.3, -0.25) is 9.78 Å². The molecular formula is C17H16N2O2. The van der Waals surface area contributed by atoms with Crippen molar-refractivity contribution in [2.45, 2.75) is 13.3 Å². The van der Waals surface area contributed by atoms with Crippen LogP contribution in [0.1, 0.15) is 28.5 Å². The van der Waals surface area contributed by atoms with Gasteiger partial charge in [-0.1, -0.05) is 6.92 Å². The zero-order valence-electron chi connectivity index (χ0n) is 12.0. The highest BCUT2D eigenvalue weighted by Crippen LogP contribution is 2.27. The summed E-state index contributed by atoms with van der Waals surface area (Å²) < 4.78 is 2.02. The van der Waals surface area contributed by atoms with Gasteiger partial charge in [0.1, 0.15) is 5.75 Å². The number of hydrogen-bond acceptors (Lipinski definition) is 3. The van der Waals surface area contributed by atoms with Crippen LogP contribution in [0.5, 0.6) is 5.75 Å². The van der Waals surface area contributed by atoms with E-state index in [2.05, 4.69) is 4.98 Å². The number of phenols is 1. The third kappa shape index (κ3) is 2.09. The first kappa shape index (κ1) is 13.4. The molecule has 0 aliphatic heterocycles. The smallest absolute Gasteiger partial charge is 0.195 e. The van der Waals surface area contributed by atoms with Gasteiger partial charge in [0.15, 0.2) is 5.78 Å². The summed E-state index contributed by atoms with van der Waals surface area (Å²) in [5.41, 5.74) is 3.25. The van der Waals surface area contributed by atoms with Crippen LogP contribution in [0.3, 0.4) is 0 Å². The molecule has 1 N–H and O–H groups in total. The van der Waals surface area contributed by atoms with E-state index in [1.807, 2.05) is 24.6 Å². The van der Waals surface area contributed by atoms with Gasteiger partial charge < -0.3 is 9.67 Å². The Kier molecular flexibility index (Phi) is 3.22. The molecule has 0 aliphatic rings. The van der Waals surface area contributed by atoms with Gasteiger partial charge in [0.2, 0.25) is 0 Å². The Morgan fingerprint density at radius 3 is 2.62 bits per heavy atom. The van der Waals surface area contributed by atoms with Crippen LogP contribution in [0.4, 0.5) is 0 Å². The van der Waals surface area contributed by atoms with E-state index in [-0.39, 0.29) is 11.5 Å².